The van der Waals surface area contributed by atoms with E-state index in [-0.39, 0.29) is 30.1 Å². The lowest BCUT2D eigenvalue weighted by Crippen LogP contribution is -2.52. The Morgan fingerprint density at radius 2 is 1.96 bits per heavy atom. The lowest BCUT2D eigenvalue weighted by Gasteiger charge is -2.38. The van der Waals surface area contributed by atoms with Crippen LogP contribution >= 0.6 is 0 Å². The molecule has 0 bridgehead atoms. The first-order valence-corrected chi connectivity index (χ1v) is 8.97. The molecule has 2 amide bonds. The molecule has 0 N–H and O–H groups in total. The average Bonchev–Trinajstić information content (AvgIpc) is 2.96. The van der Waals surface area contributed by atoms with Gasteiger partial charge in [-0.05, 0) is 26.7 Å². The third-order valence-electron chi connectivity index (χ3n) is 5.06. The first-order valence-electron chi connectivity index (χ1n) is 8.97. The topological polar surface area (TPSA) is 65.5 Å². The van der Waals surface area contributed by atoms with Crippen LogP contribution in [-0.4, -0.2) is 83.8 Å². The van der Waals surface area contributed by atoms with Crippen molar-refractivity contribution in [2.75, 3.05) is 33.2 Å². The van der Waals surface area contributed by atoms with Crippen molar-refractivity contribution in [2.45, 2.75) is 57.8 Å². The van der Waals surface area contributed by atoms with Crippen LogP contribution < -0.4 is 0 Å². The second-order valence-corrected chi connectivity index (χ2v) is 7.23. The van der Waals surface area contributed by atoms with Crippen LogP contribution in [0.5, 0.6) is 0 Å². The van der Waals surface area contributed by atoms with Gasteiger partial charge in [-0.2, -0.15) is 5.10 Å². The van der Waals surface area contributed by atoms with E-state index in [1.54, 1.807) is 7.05 Å². The first-order chi connectivity index (χ1) is 11.4. The van der Waals surface area contributed by atoms with Crippen LogP contribution in [0.4, 0.5) is 0 Å². The van der Waals surface area contributed by atoms with Gasteiger partial charge < -0.3 is 9.64 Å². The van der Waals surface area contributed by atoms with Crippen LogP contribution in [0.1, 0.15) is 39.5 Å². The van der Waals surface area contributed by atoms with Gasteiger partial charge in [0.25, 0.3) is 5.91 Å². The Labute approximate surface area is 143 Å². The van der Waals surface area contributed by atoms with Gasteiger partial charge in [0.2, 0.25) is 5.91 Å². The molecule has 0 radical (unpaired) electrons. The van der Waals surface area contributed by atoms with Gasteiger partial charge in [0.05, 0.1) is 12.2 Å². The fourth-order valence-electron chi connectivity index (χ4n) is 4.01. The zero-order valence-electron chi connectivity index (χ0n) is 14.9. The molecule has 3 aliphatic rings. The standard InChI is InChI=1S/C17H28N4O3/c1-12-9-20(10-13(2)24-12)11-14-5-4-8-21(14)17(23)15-6-7-16(22)19(3)18-15/h12-14H,4-11H2,1-3H3/t12-,13-,14+/m1/s1. The van der Waals surface area contributed by atoms with E-state index < -0.39 is 0 Å². The van der Waals surface area contributed by atoms with Crippen molar-refractivity contribution in [3.63, 3.8) is 0 Å². The van der Waals surface area contributed by atoms with Crippen molar-refractivity contribution in [1.29, 1.82) is 0 Å². The molecule has 7 heteroatoms. The number of ether oxygens (including phenoxy) is 1. The summed E-state index contributed by atoms with van der Waals surface area (Å²) >= 11 is 0. The van der Waals surface area contributed by atoms with Crippen molar-refractivity contribution in [3.05, 3.63) is 0 Å². The van der Waals surface area contributed by atoms with E-state index in [1.165, 1.54) is 5.01 Å². The predicted molar refractivity (Wildman–Crippen MR) is 90.6 cm³/mol. The van der Waals surface area contributed by atoms with Crippen molar-refractivity contribution >= 4 is 17.5 Å². The minimum Gasteiger partial charge on any atom is -0.373 e. The molecule has 0 aliphatic carbocycles. The number of hydrogen-bond donors (Lipinski definition) is 0. The molecule has 3 aliphatic heterocycles. The molecular weight excluding hydrogens is 308 g/mol. The number of carbonyl (C=O) groups excluding carboxylic acids is 2. The number of hydrazone groups is 1. The second kappa shape index (κ2) is 7.19. The van der Waals surface area contributed by atoms with E-state index in [4.69, 9.17) is 4.74 Å². The molecule has 134 valence electrons. The predicted octanol–water partition coefficient (Wildman–Crippen LogP) is 0.695. The zero-order valence-corrected chi connectivity index (χ0v) is 14.9. The third kappa shape index (κ3) is 3.78. The first kappa shape index (κ1) is 17.4. The largest absolute Gasteiger partial charge is 0.373 e. The van der Waals surface area contributed by atoms with Crippen LogP contribution in [0, 0.1) is 0 Å². The summed E-state index contributed by atoms with van der Waals surface area (Å²) in [5, 5.41) is 5.49. The van der Waals surface area contributed by atoms with Crippen molar-refractivity contribution < 1.29 is 14.3 Å². The van der Waals surface area contributed by atoms with E-state index in [2.05, 4.69) is 23.8 Å². The maximum absolute atomic E-state index is 12.8. The van der Waals surface area contributed by atoms with Gasteiger partial charge in [-0.15, -0.1) is 0 Å². The minimum atomic E-state index is -0.0270. The maximum atomic E-state index is 12.8. The third-order valence-corrected chi connectivity index (χ3v) is 5.06. The van der Waals surface area contributed by atoms with Crippen molar-refractivity contribution in [2.24, 2.45) is 5.10 Å². The molecule has 7 nitrogen and oxygen atoms in total. The number of hydrogen-bond acceptors (Lipinski definition) is 5. The molecule has 0 spiro atoms. The SMILES string of the molecule is C[C@@H]1CN(C[C@@H]2CCCN2C(=O)C2=NN(C)C(=O)CC2)C[C@@H](C)O1. The molecule has 0 aromatic rings. The van der Waals surface area contributed by atoms with Gasteiger partial charge in [-0.25, -0.2) is 5.01 Å². The normalized spacial score (nSPS) is 32.2. The Kier molecular flexibility index (Phi) is 5.20. The van der Waals surface area contributed by atoms with Crippen LogP contribution in [-0.2, 0) is 14.3 Å². The summed E-state index contributed by atoms with van der Waals surface area (Å²) in [5.41, 5.74) is 0.521. The maximum Gasteiger partial charge on any atom is 0.270 e. The quantitative estimate of drug-likeness (QED) is 0.761. The van der Waals surface area contributed by atoms with Gasteiger partial charge in [0.15, 0.2) is 0 Å². The molecule has 0 saturated carbocycles. The summed E-state index contributed by atoms with van der Waals surface area (Å²) < 4.78 is 5.79. The second-order valence-electron chi connectivity index (χ2n) is 7.23. The smallest absolute Gasteiger partial charge is 0.270 e. The van der Waals surface area contributed by atoms with Crippen molar-refractivity contribution in [3.8, 4) is 0 Å². The summed E-state index contributed by atoms with van der Waals surface area (Å²) in [6.45, 7) is 7.72. The molecule has 0 aromatic carbocycles. The van der Waals surface area contributed by atoms with E-state index >= 15 is 0 Å². The Morgan fingerprint density at radius 3 is 2.62 bits per heavy atom. The van der Waals surface area contributed by atoms with Crippen molar-refractivity contribution in [1.82, 2.24) is 14.8 Å². The van der Waals surface area contributed by atoms with E-state index in [0.29, 0.717) is 18.6 Å². The van der Waals surface area contributed by atoms with Gasteiger partial charge in [0.1, 0.15) is 5.71 Å². The van der Waals surface area contributed by atoms with E-state index in [0.717, 1.165) is 39.0 Å². The fraction of sp³-hybridized carbons (Fsp3) is 0.824. The van der Waals surface area contributed by atoms with Gasteiger partial charge in [0, 0.05) is 52.1 Å². The van der Waals surface area contributed by atoms with Gasteiger partial charge in [-0.3, -0.25) is 14.5 Å². The molecule has 0 unspecified atom stereocenters. The van der Waals surface area contributed by atoms with Crippen LogP contribution in [0.2, 0.25) is 0 Å². The lowest BCUT2D eigenvalue weighted by molar-refractivity contribution is -0.131. The lowest BCUT2D eigenvalue weighted by atomic mass is 10.1. The number of nitrogens with zero attached hydrogens (tertiary/aromatic N) is 4. The number of likely N-dealkylation sites (tertiary alicyclic amines) is 1. The summed E-state index contributed by atoms with van der Waals surface area (Å²) in [6.07, 6.45) is 3.37. The van der Waals surface area contributed by atoms with Crippen LogP contribution in [0.25, 0.3) is 0 Å². The van der Waals surface area contributed by atoms with Crippen LogP contribution in [0.3, 0.4) is 0 Å². The molecule has 3 atom stereocenters. The summed E-state index contributed by atoms with van der Waals surface area (Å²) in [4.78, 5) is 28.8. The highest BCUT2D eigenvalue weighted by atomic mass is 16.5. The number of rotatable bonds is 3. The molecular formula is C17H28N4O3. The summed E-state index contributed by atoms with van der Waals surface area (Å²) in [6, 6.07) is 0.237. The van der Waals surface area contributed by atoms with Gasteiger partial charge >= 0.3 is 0 Å². The molecule has 24 heavy (non-hydrogen) atoms. The Bertz CT molecular complexity index is 526. The molecule has 0 aromatic heterocycles. The van der Waals surface area contributed by atoms with Gasteiger partial charge in [-0.1, -0.05) is 0 Å². The van der Waals surface area contributed by atoms with Crippen LogP contribution in [0.15, 0.2) is 5.10 Å². The summed E-state index contributed by atoms with van der Waals surface area (Å²) in [7, 11) is 1.62. The highest BCUT2D eigenvalue weighted by Crippen LogP contribution is 2.22. The van der Waals surface area contributed by atoms with E-state index in [1.807, 2.05) is 4.90 Å². The Morgan fingerprint density at radius 1 is 1.25 bits per heavy atom. The average molecular weight is 336 g/mol. The number of carbonyl (C=O) groups is 2. The zero-order chi connectivity index (χ0) is 17.3. The molecule has 2 fully saturated rings. The molecule has 2 saturated heterocycles. The molecule has 3 heterocycles. The Hall–Kier alpha value is -1.47. The monoisotopic (exact) mass is 336 g/mol. The number of morpholine rings is 1. The van der Waals surface area contributed by atoms with E-state index in [9.17, 15) is 9.59 Å². The fourth-order valence-corrected chi connectivity index (χ4v) is 4.01. The minimum absolute atomic E-state index is 0.00575. The summed E-state index contributed by atoms with van der Waals surface area (Å²) in [5.74, 6) is -0.0213. The molecule has 3 rings (SSSR count). The highest BCUT2D eigenvalue weighted by Gasteiger charge is 2.35. The number of amides is 2. The highest BCUT2D eigenvalue weighted by molar-refractivity contribution is 6.39. The Balaban J connectivity index is 1.64.